The Morgan fingerprint density at radius 2 is 2.00 bits per heavy atom. The van der Waals surface area contributed by atoms with Gasteiger partial charge < -0.3 is 9.22 Å². The van der Waals surface area contributed by atoms with E-state index in [1.165, 1.54) is 32.1 Å². The Labute approximate surface area is 95.1 Å². The van der Waals surface area contributed by atoms with Crippen LogP contribution in [0.1, 0.15) is 58.3 Å². The van der Waals surface area contributed by atoms with Gasteiger partial charge in [0.1, 0.15) is 5.41 Å². The molecular weight excluding hydrogens is 204 g/mol. The van der Waals surface area contributed by atoms with Gasteiger partial charge in [-0.15, -0.1) is 0 Å². The average molecular weight is 228 g/mol. The van der Waals surface area contributed by atoms with Gasteiger partial charge in [0.15, 0.2) is 0 Å². The van der Waals surface area contributed by atoms with Crippen molar-refractivity contribution >= 4 is 14.4 Å². The number of carbonyl (C=O) groups excluding carboxylic acids is 1. The van der Waals surface area contributed by atoms with Crippen molar-refractivity contribution in [3.05, 3.63) is 0 Å². The fourth-order valence-corrected chi connectivity index (χ4v) is 4.37. The van der Waals surface area contributed by atoms with Crippen molar-refractivity contribution in [1.29, 1.82) is 0 Å². The molecule has 0 bridgehead atoms. The second-order valence-corrected chi connectivity index (χ2v) is 7.02. The van der Waals surface area contributed by atoms with Crippen LogP contribution in [0.2, 0.25) is 6.04 Å². The van der Waals surface area contributed by atoms with Crippen LogP contribution in [-0.2, 0) is 9.22 Å². The average Bonchev–Trinajstić information content (AvgIpc) is 2.30. The molecule has 2 nitrogen and oxygen atoms in total. The van der Waals surface area contributed by atoms with Crippen LogP contribution >= 0.6 is 0 Å². The van der Waals surface area contributed by atoms with Crippen molar-refractivity contribution in [1.82, 2.24) is 0 Å². The van der Waals surface area contributed by atoms with Crippen molar-refractivity contribution in [3.63, 3.8) is 0 Å². The van der Waals surface area contributed by atoms with Crippen molar-refractivity contribution in [2.24, 2.45) is 0 Å². The van der Waals surface area contributed by atoms with Gasteiger partial charge in [-0.2, -0.15) is 0 Å². The minimum absolute atomic E-state index is 0.478. The number of rotatable bonds is 7. The zero-order valence-electron chi connectivity index (χ0n) is 9.96. The molecule has 1 heterocycles. The van der Waals surface area contributed by atoms with Crippen LogP contribution in [-0.4, -0.2) is 21.1 Å². The third-order valence-corrected chi connectivity index (χ3v) is 5.64. The molecule has 3 heteroatoms. The zero-order chi connectivity index (χ0) is 10.9. The van der Waals surface area contributed by atoms with Gasteiger partial charge in [-0.25, -0.2) is 0 Å². The SMILES string of the molecule is CCCCCCCC(=O)[SiH]1CCCCO1. The molecule has 88 valence electrons. The second-order valence-electron chi connectivity index (χ2n) is 4.49. The summed E-state index contributed by atoms with van der Waals surface area (Å²) in [7, 11) is -1.42. The first-order valence-corrected chi connectivity index (χ1v) is 8.35. The van der Waals surface area contributed by atoms with E-state index < -0.39 is 9.04 Å². The summed E-state index contributed by atoms with van der Waals surface area (Å²) in [5, 5.41) is 0.478. The molecule has 0 saturated carbocycles. The van der Waals surface area contributed by atoms with Gasteiger partial charge in [-0.3, -0.25) is 0 Å². The molecule has 0 radical (unpaired) electrons. The molecule has 1 fully saturated rings. The molecule has 0 aromatic carbocycles. The summed E-state index contributed by atoms with van der Waals surface area (Å²) in [6.45, 7) is 3.06. The predicted molar refractivity (Wildman–Crippen MR) is 65.5 cm³/mol. The Kier molecular flexibility index (Phi) is 6.93. The van der Waals surface area contributed by atoms with Gasteiger partial charge in [0.25, 0.3) is 0 Å². The molecule has 1 saturated heterocycles. The quantitative estimate of drug-likeness (QED) is 0.494. The van der Waals surface area contributed by atoms with E-state index in [1.807, 2.05) is 0 Å². The lowest BCUT2D eigenvalue weighted by atomic mass is 10.1. The van der Waals surface area contributed by atoms with Crippen LogP contribution in [0, 0.1) is 0 Å². The predicted octanol–water partition coefficient (Wildman–Crippen LogP) is 2.99. The van der Waals surface area contributed by atoms with Crippen molar-refractivity contribution < 1.29 is 9.22 Å². The van der Waals surface area contributed by atoms with E-state index in [-0.39, 0.29) is 0 Å². The summed E-state index contributed by atoms with van der Waals surface area (Å²) in [6, 6.07) is 1.09. The first-order chi connectivity index (χ1) is 7.34. The first kappa shape index (κ1) is 12.9. The van der Waals surface area contributed by atoms with Gasteiger partial charge in [0.05, 0.1) is 0 Å². The molecule has 0 spiro atoms. The Morgan fingerprint density at radius 1 is 1.20 bits per heavy atom. The van der Waals surface area contributed by atoms with E-state index in [0.29, 0.717) is 5.41 Å². The molecule has 0 aromatic heterocycles. The molecule has 0 aliphatic carbocycles. The molecular formula is C12H24O2Si. The summed E-state index contributed by atoms with van der Waals surface area (Å²) in [5.74, 6) is 0. The second kappa shape index (κ2) is 8.05. The molecule has 1 aliphatic heterocycles. The Bertz CT molecular complexity index is 176. The molecule has 1 unspecified atom stereocenters. The summed E-state index contributed by atoms with van der Waals surface area (Å²) < 4.78 is 5.61. The van der Waals surface area contributed by atoms with Crippen LogP contribution in [0.25, 0.3) is 0 Å². The highest BCUT2D eigenvalue weighted by Crippen LogP contribution is 2.14. The lowest BCUT2D eigenvalue weighted by Crippen LogP contribution is -2.32. The lowest BCUT2D eigenvalue weighted by molar-refractivity contribution is -0.113. The summed E-state index contributed by atoms with van der Waals surface area (Å²) in [4.78, 5) is 11.8. The molecule has 0 aromatic rings. The Hall–Kier alpha value is -0.153. The molecule has 1 rings (SSSR count). The summed E-state index contributed by atoms with van der Waals surface area (Å²) in [6.07, 6.45) is 9.36. The number of unbranched alkanes of at least 4 members (excludes halogenated alkanes) is 4. The fraction of sp³-hybridized carbons (Fsp3) is 0.917. The molecule has 15 heavy (non-hydrogen) atoms. The topological polar surface area (TPSA) is 26.3 Å². The Balaban J connectivity index is 2.02. The van der Waals surface area contributed by atoms with E-state index in [9.17, 15) is 4.79 Å². The van der Waals surface area contributed by atoms with Gasteiger partial charge >= 0.3 is 0 Å². The number of hydrogen-bond acceptors (Lipinski definition) is 2. The third-order valence-electron chi connectivity index (χ3n) is 3.07. The number of carbonyl (C=O) groups is 1. The van der Waals surface area contributed by atoms with Gasteiger partial charge in [-0.1, -0.05) is 39.0 Å². The molecule has 0 amide bonds. The Morgan fingerprint density at radius 3 is 2.67 bits per heavy atom. The standard InChI is InChI=1S/C12H24O2Si/c1-2-3-4-5-6-9-12(13)15-11-8-7-10-14-15/h15H,2-11H2,1H3. The smallest absolute Gasteiger partial charge is 0.249 e. The lowest BCUT2D eigenvalue weighted by Gasteiger charge is -2.19. The minimum Gasteiger partial charge on any atom is -0.412 e. The highest BCUT2D eigenvalue weighted by atomic mass is 28.3. The van der Waals surface area contributed by atoms with E-state index in [4.69, 9.17) is 4.43 Å². The maximum Gasteiger partial charge on any atom is 0.249 e. The van der Waals surface area contributed by atoms with Crippen LogP contribution in [0.5, 0.6) is 0 Å². The normalized spacial score (nSPS) is 21.5. The molecule has 0 N–H and O–H groups in total. The van der Waals surface area contributed by atoms with Crippen molar-refractivity contribution in [2.45, 2.75) is 64.3 Å². The maximum atomic E-state index is 11.8. The van der Waals surface area contributed by atoms with Crippen molar-refractivity contribution in [2.75, 3.05) is 6.61 Å². The maximum absolute atomic E-state index is 11.8. The largest absolute Gasteiger partial charge is 0.412 e. The van der Waals surface area contributed by atoms with Crippen LogP contribution < -0.4 is 0 Å². The monoisotopic (exact) mass is 228 g/mol. The molecule has 1 atom stereocenters. The first-order valence-electron chi connectivity index (χ1n) is 6.49. The van der Waals surface area contributed by atoms with Gasteiger partial charge in [-0.05, 0) is 18.9 Å². The highest BCUT2D eigenvalue weighted by Gasteiger charge is 2.23. The van der Waals surface area contributed by atoms with Crippen LogP contribution in [0.4, 0.5) is 0 Å². The summed E-state index contributed by atoms with van der Waals surface area (Å²) in [5.41, 5.74) is 0. The van der Waals surface area contributed by atoms with Gasteiger partial charge in [0, 0.05) is 13.0 Å². The van der Waals surface area contributed by atoms with Crippen molar-refractivity contribution in [3.8, 4) is 0 Å². The van der Waals surface area contributed by atoms with E-state index in [1.54, 1.807) is 0 Å². The number of hydrogen-bond donors (Lipinski definition) is 0. The van der Waals surface area contributed by atoms with E-state index in [2.05, 4.69) is 6.92 Å². The molecule has 1 aliphatic rings. The van der Waals surface area contributed by atoms with Crippen LogP contribution in [0.3, 0.4) is 0 Å². The van der Waals surface area contributed by atoms with E-state index >= 15 is 0 Å². The minimum atomic E-state index is -1.42. The highest BCUT2D eigenvalue weighted by molar-refractivity contribution is 6.85. The zero-order valence-corrected chi connectivity index (χ0v) is 11.1. The third kappa shape index (κ3) is 5.47. The van der Waals surface area contributed by atoms with Crippen LogP contribution in [0.15, 0.2) is 0 Å². The summed E-state index contributed by atoms with van der Waals surface area (Å²) >= 11 is 0. The van der Waals surface area contributed by atoms with E-state index in [0.717, 1.165) is 31.9 Å². The fourth-order valence-electron chi connectivity index (χ4n) is 2.06. The van der Waals surface area contributed by atoms with Gasteiger partial charge in [0.2, 0.25) is 9.04 Å².